The third kappa shape index (κ3) is 3.24. The fourth-order valence-corrected chi connectivity index (χ4v) is 3.33. The molecule has 27 heavy (non-hydrogen) atoms. The van der Waals surface area contributed by atoms with Gasteiger partial charge in [-0.05, 0) is 42.8 Å². The molecule has 0 spiro atoms. The number of H-pyrrole nitrogens is 1. The van der Waals surface area contributed by atoms with Crippen LogP contribution in [0, 0.1) is 5.92 Å². The second-order valence-electron chi connectivity index (χ2n) is 6.49. The third-order valence-electron chi connectivity index (χ3n) is 4.60. The molecule has 1 aromatic heterocycles. The highest BCUT2D eigenvalue weighted by Crippen LogP contribution is 2.29. The highest BCUT2D eigenvalue weighted by Gasteiger charge is 2.36. The zero-order chi connectivity index (χ0) is 19.0. The number of nitrogens with one attached hydrogen (secondary N) is 3. The number of rotatable bonds is 3. The van der Waals surface area contributed by atoms with Crippen LogP contribution in [0.2, 0.25) is 0 Å². The van der Waals surface area contributed by atoms with Gasteiger partial charge in [-0.2, -0.15) is 5.10 Å². The van der Waals surface area contributed by atoms with Gasteiger partial charge in [0.1, 0.15) is 5.92 Å². The molecule has 3 amide bonds. The maximum absolute atomic E-state index is 13.0. The topological polar surface area (TPSA) is 125 Å². The van der Waals surface area contributed by atoms with E-state index in [4.69, 9.17) is 5.73 Å². The molecule has 0 bridgehead atoms. The Bertz CT molecular complexity index is 1070. The lowest BCUT2D eigenvalue weighted by atomic mass is 9.87. The smallest absolute Gasteiger partial charge is 0.341 e. The predicted octanol–water partition coefficient (Wildman–Crippen LogP) is 2.63. The standard InChI is InChI=1S/C19H18N6O2/c1-10-16(17(24-19(27)22-10)11-3-2-4-13(20)7-11)18(26)23-14-5-6-15-12(8-14)9-21-25-15/h2-9,16-17H,20H2,1H3,(H,21,25)(H,23,26)(H,24,27). The number of nitrogen functional groups attached to an aromatic ring is 1. The van der Waals surface area contributed by atoms with E-state index >= 15 is 0 Å². The van der Waals surface area contributed by atoms with Crippen LogP contribution in [0.15, 0.2) is 53.7 Å². The van der Waals surface area contributed by atoms with Crippen molar-refractivity contribution in [1.82, 2.24) is 15.5 Å². The van der Waals surface area contributed by atoms with Gasteiger partial charge >= 0.3 is 6.03 Å². The molecule has 0 aliphatic carbocycles. The molecule has 2 aromatic carbocycles. The SMILES string of the molecule is CC1=NC(=O)NC(c2cccc(N)c2)C1C(=O)Nc1ccc2[nH]ncc2c1. The molecule has 1 aliphatic rings. The summed E-state index contributed by atoms with van der Waals surface area (Å²) in [5.74, 6) is -0.906. The van der Waals surface area contributed by atoms with Gasteiger partial charge in [-0.25, -0.2) is 9.79 Å². The van der Waals surface area contributed by atoms with E-state index in [0.29, 0.717) is 17.1 Å². The summed E-state index contributed by atoms with van der Waals surface area (Å²) in [7, 11) is 0. The van der Waals surface area contributed by atoms with Crippen LogP contribution in [0.3, 0.4) is 0 Å². The fraction of sp³-hybridized carbons (Fsp3) is 0.158. The van der Waals surface area contributed by atoms with Crippen LogP contribution in [0.25, 0.3) is 10.9 Å². The number of carbonyl (C=O) groups is 2. The Hall–Kier alpha value is -3.68. The van der Waals surface area contributed by atoms with Crippen molar-refractivity contribution >= 4 is 39.9 Å². The average molecular weight is 362 g/mol. The molecular formula is C19H18N6O2. The molecule has 136 valence electrons. The van der Waals surface area contributed by atoms with Gasteiger partial charge in [0.15, 0.2) is 0 Å². The molecule has 5 N–H and O–H groups in total. The van der Waals surface area contributed by atoms with E-state index in [-0.39, 0.29) is 5.91 Å². The van der Waals surface area contributed by atoms with E-state index < -0.39 is 18.0 Å². The number of nitrogens with two attached hydrogens (primary N) is 1. The van der Waals surface area contributed by atoms with Crippen LogP contribution in [0.1, 0.15) is 18.5 Å². The van der Waals surface area contributed by atoms with Crippen LogP contribution in [0.5, 0.6) is 0 Å². The molecular weight excluding hydrogens is 344 g/mol. The largest absolute Gasteiger partial charge is 0.399 e. The van der Waals surface area contributed by atoms with Crippen molar-refractivity contribution < 1.29 is 9.59 Å². The molecule has 3 aromatic rings. The average Bonchev–Trinajstić information content (AvgIpc) is 3.08. The minimum atomic E-state index is -0.649. The van der Waals surface area contributed by atoms with Crippen LogP contribution < -0.4 is 16.4 Å². The van der Waals surface area contributed by atoms with Gasteiger partial charge in [0, 0.05) is 22.5 Å². The maximum atomic E-state index is 13.0. The zero-order valence-corrected chi connectivity index (χ0v) is 14.6. The number of aromatic nitrogens is 2. The second-order valence-corrected chi connectivity index (χ2v) is 6.49. The lowest BCUT2D eigenvalue weighted by Gasteiger charge is -2.30. The van der Waals surface area contributed by atoms with Crippen molar-refractivity contribution in [3.63, 3.8) is 0 Å². The van der Waals surface area contributed by atoms with Gasteiger partial charge in [0.2, 0.25) is 5.91 Å². The first-order valence-electron chi connectivity index (χ1n) is 8.46. The number of amides is 3. The van der Waals surface area contributed by atoms with Crippen LogP contribution >= 0.6 is 0 Å². The van der Waals surface area contributed by atoms with Crippen molar-refractivity contribution in [2.45, 2.75) is 13.0 Å². The molecule has 8 heteroatoms. The van der Waals surface area contributed by atoms with E-state index in [2.05, 4.69) is 25.8 Å². The Morgan fingerprint density at radius 3 is 2.89 bits per heavy atom. The number of aliphatic imine (C=N–C) groups is 1. The number of hydrogen-bond acceptors (Lipinski definition) is 4. The molecule has 2 unspecified atom stereocenters. The van der Waals surface area contributed by atoms with E-state index in [9.17, 15) is 9.59 Å². The summed E-state index contributed by atoms with van der Waals surface area (Å²) in [5.41, 5.74) is 9.16. The normalized spacial score (nSPS) is 19.4. The van der Waals surface area contributed by atoms with Gasteiger partial charge in [-0.3, -0.25) is 9.89 Å². The quantitative estimate of drug-likeness (QED) is 0.534. The van der Waals surface area contributed by atoms with Gasteiger partial charge in [-0.15, -0.1) is 0 Å². The number of nitrogens with zero attached hydrogens (tertiary/aromatic N) is 2. The van der Waals surface area contributed by atoms with Crippen molar-refractivity contribution in [1.29, 1.82) is 0 Å². The number of aromatic amines is 1. The monoisotopic (exact) mass is 362 g/mol. The minimum Gasteiger partial charge on any atom is -0.399 e. The van der Waals surface area contributed by atoms with Gasteiger partial charge in [-0.1, -0.05) is 12.1 Å². The zero-order valence-electron chi connectivity index (χ0n) is 14.6. The summed E-state index contributed by atoms with van der Waals surface area (Å²) in [6.45, 7) is 1.68. The first-order chi connectivity index (χ1) is 13.0. The summed E-state index contributed by atoms with van der Waals surface area (Å²) in [6, 6.07) is 11.6. The van der Waals surface area contributed by atoms with Crippen LogP contribution in [-0.4, -0.2) is 27.8 Å². The maximum Gasteiger partial charge on any atom is 0.341 e. The highest BCUT2D eigenvalue weighted by molar-refractivity contribution is 6.13. The lowest BCUT2D eigenvalue weighted by Crippen LogP contribution is -2.45. The Morgan fingerprint density at radius 2 is 2.07 bits per heavy atom. The van der Waals surface area contributed by atoms with E-state index in [1.54, 1.807) is 37.4 Å². The molecule has 1 aliphatic heterocycles. The van der Waals surface area contributed by atoms with Crippen molar-refractivity contribution in [3.8, 4) is 0 Å². The Balaban J connectivity index is 1.65. The predicted molar refractivity (Wildman–Crippen MR) is 103 cm³/mol. The summed E-state index contributed by atoms with van der Waals surface area (Å²) < 4.78 is 0. The number of anilines is 2. The molecule has 2 atom stereocenters. The van der Waals surface area contributed by atoms with Gasteiger partial charge in [0.25, 0.3) is 0 Å². The van der Waals surface area contributed by atoms with E-state index in [1.165, 1.54) is 0 Å². The molecule has 2 heterocycles. The molecule has 0 fully saturated rings. The summed E-state index contributed by atoms with van der Waals surface area (Å²) in [4.78, 5) is 28.9. The summed E-state index contributed by atoms with van der Waals surface area (Å²) in [5, 5.41) is 13.4. The summed E-state index contributed by atoms with van der Waals surface area (Å²) in [6.07, 6.45) is 1.69. The molecule has 0 saturated carbocycles. The highest BCUT2D eigenvalue weighted by atomic mass is 16.2. The van der Waals surface area contributed by atoms with Crippen LogP contribution in [0.4, 0.5) is 16.2 Å². The number of benzene rings is 2. The fourth-order valence-electron chi connectivity index (χ4n) is 3.33. The van der Waals surface area contributed by atoms with Crippen molar-refractivity contribution in [3.05, 3.63) is 54.2 Å². The Labute approximate surface area is 154 Å². The van der Waals surface area contributed by atoms with Gasteiger partial charge in [0.05, 0.1) is 17.8 Å². The van der Waals surface area contributed by atoms with Crippen molar-refractivity contribution in [2.24, 2.45) is 10.9 Å². The minimum absolute atomic E-state index is 0.258. The van der Waals surface area contributed by atoms with Crippen molar-refractivity contribution in [2.75, 3.05) is 11.1 Å². The Kier molecular flexibility index (Phi) is 4.08. The first kappa shape index (κ1) is 16.8. The molecule has 4 rings (SSSR count). The third-order valence-corrected chi connectivity index (χ3v) is 4.60. The lowest BCUT2D eigenvalue weighted by molar-refractivity contribution is -0.118. The summed E-state index contributed by atoms with van der Waals surface area (Å²) >= 11 is 0. The van der Waals surface area contributed by atoms with E-state index in [0.717, 1.165) is 16.5 Å². The first-order valence-corrected chi connectivity index (χ1v) is 8.46. The number of carbonyl (C=O) groups excluding carboxylic acids is 2. The molecule has 8 nitrogen and oxygen atoms in total. The van der Waals surface area contributed by atoms with E-state index in [1.807, 2.05) is 18.2 Å². The number of fused-ring (bicyclic) bond motifs is 1. The number of hydrogen-bond donors (Lipinski definition) is 4. The van der Waals surface area contributed by atoms with Gasteiger partial charge < -0.3 is 16.4 Å². The van der Waals surface area contributed by atoms with Crippen LogP contribution in [-0.2, 0) is 4.79 Å². The Morgan fingerprint density at radius 1 is 1.22 bits per heavy atom. The number of urea groups is 1. The molecule has 0 radical (unpaired) electrons. The second kappa shape index (κ2) is 6.56. The molecule has 0 saturated heterocycles.